The summed E-state index contributed by atoms with van der Waals surface area (Å²) in [6.45, 7) is 3.30. The van der Waals surface area contributed by atoms with Crippen molar-refractivity contribution in [3.05, 3.63) is 105 Å². The van der Waals surface area contributed by atoms with Crippen LogP contribution in [-0.4, -0.2) is 44.8 Å². The van der Waals surface area contributed by atoms with Gasteiger partial charge in [-0.3, -0.25) is 4.79 Å². The molecule has 0 atom stereocenters. The molecule has 0 unspecified atom stereocenters. The van der Waals surface area contributed by atoms with Crippen molar-refractivity contribution in [2.75, 3.05) is 36.4 Å². The van der Waals surface area contributed by atoms with Crippen molar-refractivity contribution < 1.29 is 17.6 Å². The summed E-state index contributed by atoms with van der Waals surface area (Å²) >= 11 is 19.0. The number of carbonyl (C=O) groups is 1. The first kappa shape index (κ1) is 29.2. The second-order valence-corrected chi connectivity index (χ2v) is 12.6. The number of sulfonamides is 1. The highest BCUT2D eigenvalue weighted by Gasteiger charge is 2.30. The van der Waals surface area contributed by atoms with Gasteiger partial charge < -0.3 is 14.6 Å². The number of nitrogens with one attached hydrogen (secondary N) is 1. The Bertz CT molecular complexity index is 1710. The molecule has 4 aromatic rings. The lowest BCUT2D eigenvalue weighted by Crippen LogP contribution is -2.49. The molecule has 41 heavy (non-hydrogen) atoms. The molecule has 0 saturated carbocycles. The Kier molecular flexibility index (Phi) is 8.77. The zero-order chi connectivity index (χ0) is 29.1. The van der Waals surface area contributed by atoms with Gasteiger partial charge in [0, 0.05) is 37.8 Å². The van der Waals surface area contributed by atoms with E-state index in [0.29, 0.717) is 56.6 Å². The Hall–Kier alpha value is -3.27. The minimum atomic E-state index is -3.61. The van der Waals surface area contributed by atoms with Crippen LogP contribution in [0.25, 0.3) is 17.4 Å². The quantitative estimate of drug-likeness (QED) is 0.216. The second kappa shape index (κ2) is 12.3. The molecule has 1 fully saturated rings. The van der Waals surface area contributed by atoms with Crippen LogP contribution in [-0.2, 0) is 14.8 Å². The SMILES string of the molecule is Cc1ccc(S(=O)(=O)N2CCN(c3c(Cl)cccc3NC(=O)/C=C/c3ccc(-c4cccc(Cl)c4Cl)o3)CC2)cc1. The first-order valence-corrected chi connectivity index (χ1v) is 15.3. The van der Waals surface area contributed by atoms with Gasteiger partial charge in [-0.1, -0.05) is 64.6 Å². The van der Waals surface area contributed by atoms with Crippen LogP contribution in [0.15, 0.2) is 88.2 Å². The molecular weight excluding hydrogens is 605 g/mol. The van der Waals surface area contributed by atoms with Crippen LogP contribution >= 0.6 is 34.8 Å². The van der Waals surface area contributed by atoms with Gasteiger partial charge in [0.15, 0.2) is 0 Å². The summed E-state index contributed by atoms with van der Waals surface area (Å²) < 4.78 is 33.5. The van der Waals surface area contributed by atoms with Gasteiger partial charge in [-0.05, 0) is 61.5 Å². The molecule has 3 aromatic carbocycles. The summed E-state index contributed by atoms with van der Waals surface area (Å²) in [7, 11) is -3.61. The lowest BCUT2D eigenvalue weighted by atomic mass is 10.2. The average molecular weight is 631 g/mol. The van der Waals surface area contributed by atoms with Gasteiger partial charge in [-0.15, -0.1) is 0 Å². The number of nitrogens with zero attached hydrogens (tertiary/aromatic N) is 2. The fourth-order valence-corrected chi connectivity index (χ4v) is 6.67. The number of furan rings is 1. The first-order chi connectivity index (χ1) is 19.6. The molecule has 0 aliphatic carbocycles. The van der Waals surface area contributed by atoms with Crippen LogP contribution in [0.5, 0.6) is 0 Å². The summed E-state index contributed by atoms with van der Waals surface area (Å²) in [4.78, 5) is 15.1. The Morgan fingerprint density at radius 2 is 1.56 bits per heavy atom. The van der Waals surface area contributed by atoms with Crippen molar-refractivity contribution >= 4 is 68.2 Å². The van der Waals surface area contributed by atoms with E-state index >= 15 is 0 Å². The highest BCUT2D eigenvalue weighted by molar-refractivity contribution is 7.89. The molecule has 11 heteroatoms. The van der Waals surface area contributed by atoms with Gasteiger partial charge in [-0.2, -0.15) is 4.31 Å². The number of carbonyl (C=O) groups excluding carboxylic acids is 1. The maximum Gasteiger partial charge on any atom is 0.248 e. The molecule has 1 aromatic heterocycles. The average Bonchev–Trinajstić information content (AvgIpc) is 3.43. The number of hydrogen-bond acceptors (Lipinski definition) is 5. The number of anilines is 2. The maximum atomic E-state index is 13.1. The van der Waals surface area contributed by atoms with Crippen molar-refractivity contribution in [2.45, 2.75) is 11.8 Å². The highest BCUT2D eigenvalue weighted by atomic mass is 35.5. The fraction of sp³-hybridized carbons (Fsp3) is 0.167. The third kappa shape index (κ3) is 6.47. The van der Waals surface area contributed by atoms with E-state index in [0.717, 1.165) is 5.56 Å². The Balaban J connectivity index is 1.26. The summed E-state index contributed by atoms with van der Waals surface area (Å²) in [5.41, 5.74) is 2.80. The molecule has 5 rings (SSSR count). The number of benzene rings is 3. The third-order valence-electron chi connectivity index (χ3n) is 6.70. The molecule has 1 amide bonds. The summed E-state index contributed by atoms with van der Waals surface area (Å²) in [6, 6.07) is 20.8. The van der Waals surface area contributed by atoms with E-state index in [1.165, 1.54) is 10.4 Å². The minimum Gasteiger partial charge on any atom is -0.457 e. The third-order valence-corrected chi connectivity index (χ3v) is 9.74. The van der Waals surface area contributed by atoms with E-state index in [4.69, 9.17) is 39.2 Å². The van der Waals surface area contributed by atoms with Crippen molar-refractivity contribution in [2.24, 2.45) is 0 Å². The van der Waals surface area contributed by atoms with Crippen molar-refractivity contribution in [3.8, 4) is 11.3 Å². The van der Waals surface area contributed by atoms with Crippen LogP contribution in [0, 0.1) is 6.92 Å². The second-order valence-electron chi connectivity index (χ2n) is 9.47. The molecule has 1 N–H and O–H groups in total. The van der Waals surface area contributed by atoms with Gasteiger partial charge in [0.05, 0.1) is 31.3 Å². The highest BCUT2D eigenvalue weighted by Crippen LogP contribution is 2.36. The maximum absolute atomic E-state index is 13.1. The van der Waals surface area contributed by atoms with Crippen LogP contribution in [0.4, 0.5) is 11.4 Å². The zero-order valence-corrected chi connectivity index (χ0v) is 25.1. The number of hydrogen-bond donors (Lipinski definition) is 1. The molecule has 0 radical (unpaired) electrons. The predicted octanol–water partition coefficient (Wildman–Crippen LogP) is 7.38. The van der Waals surface area contributed by atoms with E-state index in [2.05, 4.69) is 5.32 Å². The number of piperazine rings is 1. The summed E-state index contributed by atoms with van der Waals surface area (Å²) in [5, 5.41) is 4.14. The normalized spacial score (nSPS) is 14.5. The van der Waals surface area contributed by atoms with E-state index in [9.17, 15) is 13.2 Å². The van der Waals surface area contributed by atoms with E-state index in [1.54, 1.807) is 78.9 Å². The molecule has 2 heterocycles. The smallest absolute Gasteiger partial charge is 0.248 e. The van der Waals surface area contributed by atoms with Gasteiger partial charge >= 0.3 is 0 Å². The topological polar surface area (TPSA) is 82.9 Å². The Morgan fingerprint density at radius 3 is 2.29 bits per heavy atom. The first-order valence-electron chi connectivity index (χ1n) is 12.8. The van der Waals surface area contributed by atoms with Gasteiger partial charge in [0.25, 0.3) is 0 Å². The van der Waals surface area contributed by atoms with Crippen molar-refractivity contribution in [3.63, 3.8) is 0 Å². The molecule has 1 aliphatic heterocycles. The molecule has 1 saturated heterocycles. The molecule has 1 aliphatic rings. The van der Waals surface area contributed by atoms with Crippen molar-refractivity contribution in [1.82, 2.24) is 4.31 Å². The van der Waals surface area contributed by atoms with Gasteiger partial charge in [0.2, 0.25) is 15.9 Å². The molecule has 212 valence electrons. The molecule has 7 nitrogen and oxygen atoms in total. The van der Waals surface area contributed by atoms with Gasteiger partial charge in [-0.25, -0.2) is 8.42 Å². The lowest BCUT2D eigenvalue weighted by molar-refractivity contribution is -0.111. The summed E-state index contributed by atoms with van der Waals surface area (Å²) in [6.07, 6.45) is 2.91. The number of amides is 1. The monoisotopic (exact) mass is 629 g/mol. The standard InChI is InChI=1S/C30H26Cl3N3O4S/c1-20-8-12-22(13-9-20)41(38,39)36-18-16-35(17-19-36)30-25(32)6-3-7-26(30)34-28(37)15-11-21-10-14-27(40-21)23-4-2-5-24(31)29(23)33/h2-15H,16-19H2,1H3,(H,34,37)/b15-11+. The van der Waals surface area contributed by atoms with Crippen LogP contribution < -0.4 is 10.2 Å². The number of halogens is 3. The largest absolute Gasteiger partial charge is 0.457 e. The zero-order valence-electron chi connectivity index (χ0n) is 22.0. The van der Waals surface area contributed by atoms with Crippen LogP contribution in [0.3, 0.4) is 0 Å². The fourth-order valence-electron chi connectivity index (χ4n) is 4.56. The number of aryl methyl sites for hydroxylation is 1. The molecule has 0 spiro atoms. The lowest BCUT2D eigenvalue weighted by Gasteiger charge is -2.36. The van der Waals surface area contributed by atoms with Gasteiger partial charge in [0.1, 0.15) is 11.5 Å². The predicted molar refractivity (Wildman–Crippen MR) is 165 cm³/mol. The molecule has 0 bridgehead atoms. The van der Waals surface area contributed by atoms with E-state index in [-0.39, 0.29) is 23.9 Å². The van der Waals surface area contributed by atoms with E-state index < -0.39 is 10.0 Å². The minimum absolute atomic E-state index is 0.272. The van der Waals surface area contributed by atoms with Crippen LogP contribution in [0.2, 0.25) is 15.1 Å². The van der Waals surface area contributed by atoms with Crippen molar-refractivity contribution in [1.29, 1.82) is 0 Å². The van der Waals surface area contributed by atoms with E-state index in [1.807, 2.05) is 11.8 Å². The Morgan fingerprint density at radius 1 is 0.878 bits per heavy atom. The number of para-hydroxylation sites is 1. The summed E-state index contributed by atoms with van der Waals surface area (Å²) in [5.74, 6) is 0.606. The Labute approximate surface area is 254 Å². The molecular formula is C30H26Cl3N3O4S. The van der Waals surface area contributed by atoms with Crippen LogP contribution in [0.1, 0.15) is 11.3 Å². The number of rotatable bonds is 7.